The SMILES string of the molecule is CCC1CCN(c2cccc(C#N)n2)C1. The molecule has 0 aromatic carbocycles. The number of hydrogen-bond acceptors (Lipinski definition) is 3. The predicted octanol–water partition coefficient (Wildman–Crippen LogP) is 2.19. The largest absolute Gasteiger partial charge is 0.356 e. The monoisotopic (exact) mass is 201 g/mol. The van der Waals surface area contributed by atoms with E-state index in [2.05, 4.69) is 22.9 Å². The van der Waals surface area contributed by atoms with Gasteiger partial charge in [-0.15, -0.1) is 0 Å². The molecule has 3 heteroatoms. The van der Waals surface area contributed by atoms with E-state index in [1.807, 2.05) is 12.1 Å². The molecular weight excluding hydrogens is 186 g/mol. The van der Waals surface area contributed by atoms with Crippen LogP contribution in [0.2, 0.25) is 0 Å². The fraction of sp³-hybridized carbons (Fsp3) is 0.500. The van der Waals surface area contributed by atoms with E-state index >= 15 is 0 Å². The molecule has 1 aliphatic rings. The Morgan fingerprint density at radius 1 is 1.60 bits per heavy atom. The molecular formula is C12H15N3. The molecule has 0 bridgehead atoms. The third-order valence-corrected chi connectivity index (χ3v) is 3.04. The summed E-state index contributed by atoms with van der Waals surface area (Å²) >= 11 is 0. The van der Waals surface area contributed by atoms with Crippen LogP contribution in [0.4, 0.5) is 5.82 Å². The molecule has 1 aromatic heterocycles. The molecule has 0 saturated carbocycles. The molecule has 0 aliphatic carbocycles. The zero-order chi connectivity index (χ0) is 10.7. The van der Waals surface area contributed by atoms with E-state index in [9.17, 15) is 0 Å². The summed E-state index contributed by atoms with van der Waals surface area (Å²) in [5.41, 5.74) is 0.507. The Labute approximate surface area is 90.4 Å². The van der Waals surface area contributed by atoms with Gasteiger partial charge in [0, 0.05) is 13.1 Å². The molecule has 0 amide bonds. The predicted molar refractivity (Wildman–Crippen MR) is 59.6 cm³/mol. The third kappa shape index (κ3) is 2.10. The van der Waals surface area contributed by atoms with Crippen LogP contribution >= 0.6 is 0 Å². The molecule has 1 aromatic rings. The molecule has 1 aliphatic heterocycles. The third-order valence-electron chi connectivity index (χ3n) is 3.04. The van der Waals surface area contributed by atoms with Crippen molar-refractivity contribution in [3.05, 3.63) is 23.9 Å². The average molecular weight is 201 g/mol. The van der Waals surface area contributed by atoms with Crippen molar-refractivity contribution in [2.24, 2.45) is 5.92 Å². The number of pyridine rings is 1. The Hall–Kier alpha value is -1.56. The van der Waals surface area contributed by atoms with Crippen molar-refractivity contribution < 1.29 is 0 Å². The van der Waals surface area contributed by atoms with Gasteiger partial charge in [-0.2, -0.15) is 5.26 Å². The Balaban J connectivity index is 2.14. The highest BCUT2D eigenvalue weighted by atomic mass is 15.2. The van der Waals surface area contributed by atoms with E-state index < -0.39 is 0 Å². The van der Waals surface area contributed by atoms with Gasteiger partial charge in [-0.05, 0) is 24.5 Å². The van der Waals surface area contributed by atoms with Crippen LogP contribution in [0.5, 0.6) is 0 Å². The highest BCUT2D eigenvalue weighted by Crippen LogP contribution is 2.23. The van der Waals surface area contributed by atoms with E-state index in [4.69, 9.17) is 5.26 Å². The van der Waals surface area contributed by atoms with Crippen molar-refractivity contribution in [3.8, 4) is 6.07 Å². The molecule has 1 unspecified atom stereocenters. The molecule has 0 radical (unpaired) electrons. The maximum atomic E-state index is 8.77. The Bertz CT molecular complexity index is 381. The van der Waals surface area contributed by atoms with Crippen LogP contribution in [0.3, 0.4) is 0 Å². The first-order valence-corrected chi connectivity index (χ1v) is 5.45. The van der Waals surface area contributed by atoms with Crippen molar-refractivity contribution in [3.63, 3.8) is 0 Å². The number of nitrogens with zero attached hydrogens (tertiary/aromatic N) is 3. The fourth-order valence-electron chi connectivity index (χ4n) is 2.04. The summed E-state index contributed by atoms with van der Waals surface area (Å²) in [4.78, 5) is 6.58. The van der Waals surface area contributed by atoms with Gasteiger partial charge in [0.25, 0.3) is 0 Å². The van der Waals surface area contributed by atoms with Gasteiger partial charge in [-0.1, -0.05) is 19.4 Å². The second-order valence-corrected chi connectivity index (χ2v) is 4.00. The lowest BCUT2D eigenvalue weighted by molar-refractivity contribution is 0.568. The number of anilines is 1. The molecule has 2 heterocycles. The van der Waals surface area contributed by atoms with E-state index in [-0.39, 0.29) is 0 Å². The molecule has 3 nitrogen and oxygen atoms in total. The minimum Gasteiger partial charge on any atom is -0.356 e. The number of hydrogen-bond donors (Lipinski definition) is 0. The Morgan fingerprint density at radius 2 is 2.47 bits per heavy atom. The molecule has 1 saturated heterocycles. The Kier molecular flexibility index (Phi) is 2.86. The molecule has 2 rings (SSSR count). The van der Waals surface area contributed by atoms with Gasteiger partial charge in [0.05, 0.1) is 0 Å². The van der Waals surface area contributed by atoms with Gasteiger partial charge in [0.15, 0.2) is 0 Å². The number of rotatable bonds is 2. The van der Waals surface area contributed by atoms with Crippen LogP contribution in [0.1, 0.15) is 25.5 Å². The van der Waals surface area contributed by atoms with Crippen LogP contribution < -0.4 is 4.90 Å². The summed E-state index contributed by atoms with van der Waals surface area (Å²) in [7, 11) is 0. The fourth-order valence-corrected chi connectivity index (χ4v) is 2.04. The topological polar surface area (TPSA) is 39.9 Å². The van der Waals surface area contributed by atoms with Crippen molar-refractivity contribution in [1.82, 2.24) is 4.98 Å². The van der Waals surface area contributed by atoms with Gasteiger partial charge in [0.1, 0.15) is 17.6 Å². The first-order chi connectivity index (χ1) is 7.33. The normalized spacial score (nSPS) is 20.3. The van der Waals surface area contributed by atoms with Crippen LogP contribution in [-0.2, 0) is 0 Å². The van der Waals surface area contributed by atoms with Gasteiger partial charge in [-0.25, -0.2) is 4.98 Å². The second-order valence-electron chi connectivity index (χ2n) is 4.00. The Morgan fingerprint density at radius 3 is 3.13 bits per heavy atom. The molecule has 0 spiro atoms. The van der Waals surface area contributed by atoms with Gasteiger partial charge >= 0.3 is 0 Å². The summed E-state index contributed by atoms with van der Waals surface area (Å²) in [6, 6.07) is 7.71. The van der Waals surface area contributed by atoms with Crippen molar-refractivity contribution >= 4 is 5.82 Å². The zero-order valence-electron chi connectivity index (χ0n) is 8.98. The van der Waals surface area contributed by atoms with Gasteiger partial charge < -0.3 is 4.90 Å². The van der Waals surface area contributed by atoms with E-state index in [0.717, 1.165) is 24.8 Å². The minimum absolute atomic E-state index is 0.507. The highest BCUT2D eigenvalue weighted by molar-refractivity contribution is 5.42. The smallest absolute Gasteiger partial charge is 0.142 e. The molecule has 78 valence electrons. The first-order valence-electron chi connectivity index (χ1n) is 5.45. The zero-order valence-corrected chi connectivity index (χ0v) is 8.98. The van der Waals surface area contributed by atoms with E-state index in [1.165, 1.54) is 12.8 Å². The second kappa shape index (κ2) is 4.31. The highest BCUT2D eigenvalue weighted by Gasteiger charge is 2.21. The summed E-state index contributed by atoms with van der Waals surface area (Å²) in [6.45, 7) is 4.38. The lowest BCUT2D eigenvalue weighted by atomic mass is 10.1. The van der Waals surface area contributed by atoms with Crippen LogP contribution in [-0.4, -0.2) is 18.1 Å². The van der Waals surface area contributed by atoms with Crippen molar-refractivity contribution in [2.45, 2.75) is 19.8 Å². The lowest BCUT2D eigenvalue weighted by Crippen LogP contribution is -2.20. The summed E-state index contributed by atoms with van der Waals surface area (Å²) in [5, 5.41) is 8.77. The molecule has 1 atom stereocenters. The molecule has 15 heavy (non-hydrogen) atoms. The quantitative estimate of drug-likeness (QED) is 0.736. The minimum atomic E-state index is 0.507. The maximum absolute atomic E-state index is 8.77. The van der Waals surface area contributed by atoms with Crippen LogP contribution in [0.25, 0.3) is 0 Å². The standard InChI is InChI=1S/C12H15N3/c1-2-10-6-7-15(9-10)12-5-3-4-11(8-13)14-12/h3-5,10H,2,6-7,9H2,1H3. The van der Waals surface area contributed by atoms with Crippen LogP contribution in [0, 0.1) is 17.2 Å². The number of nitriles is 1. The maximum Gasteiger partial charge on any atom is 0.142 e. The first kappa shape index (κ1) is 9.97. The summed E-state index contributed by atoms with van der Waals surface area (Å²) in [6.07, 6.45) is 2.48. The number of aromatic nitrogens is 1. The molecule has 1 fully saturated rings. The van der Waals surface area contributed by atoms with E-state index in [0.29, 0.717) is 5.69 Å². The average Bonchev–Trinajstić information content (AvgIpc) is 2.78. The van der Waals surface area contributed by atoms with Crippen LogP contribution in [0.15, 0.2) is 18.2 Å². The summed E-state index contributed by atoms with van der Waals surface area (Å²) < 4.78 is 0. The van der Waals surface area contributed by atoms with Crippen molar-refractivity contribution in [2.75, 3.05) is 18.0 Å². The van der Waals surface area contributed by atoms with Gasteiger partial charge in [-0.3, -0.25) is 0 Å². The van der Waals surface area contributed by atoms with Gasteiger partial charge in [0.2, 0.25) is 0 Å². The molecule has 0 N–H and O–H groups in total. The lowest BCUT2D eigenvalue weighted by Gasteiger charge is -2.16. The van der Waals surface area contributed by atoms with E-state index in [1.54, 1.807) is 6.07 Å². The summed E-state index contributed by atoms with van der Waals surface area (Å²) in [5.74, 6) is 1.74. The van der Waals surface area contributed by atoms with Crippen molar-refractivity contribution in [1.29, 1.82) is 5.26 Å².